The highest BCUT2D eigenvalue weighted by atomic mass is 79.9. The number of carbonyl (C=O) groups is 1. The fraction of sp³-hybridized carbons (Fsp3) is 0.0769. The van der Waals surface area contributed by atoms with E-state index >= 15 is 0 Å². The van der Waals surface area contributed by atoms with Crippen molar-refractivity contribution < 1.29 is 4.79 Å². The second kappa shape index (κ2) is 6.70. The molecule has 2 rings (SSSR count). The Morgan fingerprint density at radius 2 is 2.05 bits per heavy atom. The number of halogens is 1. The first-order chi connectivity index (χ1) is 9.20. The molecule has 2 aromatic rings. The average Bonchev–Trinajstić information content (AvgIpc) is 2.46. The third-order valence-electron chi connectivity index (χ3n) is 2.45. The topological polar surface area (TPSA) is 68.0 Å². The van der Waals surface area contributed by atoms with Gasteiger partial charge < -0.3 is 0 Å². The number of nitrogen functional groups attached to an aromatic ring is 1. The van der Waals surface area contributed by atoms with E-state index in [9.17, 15) is 4.79 Å². The number of nitrogens with zero attached hydrogens (tertiary/aromatic N) is 1. The Balaban J connectivity index is 2.01. The minimum absolute atomic E-state index is 0.285. The van der Waals surface area contributed by atoms with Gasteiger partial charge in [-0.25, -0.2) is 10.8 Å². The number of carbonyl (C=O) groups excluding carboxylic acids is 1. The van der Waals surface area contributed by atoms with Gasteiger partial charge in [0.05, 0.1) is 0 Å². The summed E-state index contributed by atoms with van der Waals surface area (Å²) in [5, 5.41) is 0.950. The Bertz CT molecular complexity index is 574. The molecule has 6 heteroatoms. The SMILES string of the molecule is NNC(=O)c1ccc(CSc2ncccc2Br)cc1. The van der Waals surface area contributed by atoms with Gasteiger partial charge in [0, 0.05) is 22.0 Å². The predicted molar refractivity (Wildman–Crippen MR) is 79.6 cm³/mol. The zero-order valence-corrected chi connectivity index (χ0v) is 12.4. The first-order valence-electron chi connectivity index (χ1n) is 5.54. The number of thioether (sulfide) groups is 1. The molecule has 0 fully saturated rings. The maximum atomic E-state index is 11.3. The number of hydrogen-bond donors (Lipinski definition) is 2. The van der Waals surface area contributed by atoms with E-state index in [0.717, 1.165) is 20.8 Å². The molecule has 0 aliphatic carbocycles. The number of amides is 1. The van der Waals surface area contributed by atoms with Gasteiger partial charge in [0.2, 0.25) is 0 Å². The summed E-state index contributed by atoms with van der Waals surface area (Å²) >= 11 is 5.10. The lowest BCUT2D eigenvalue weighted by molar-refractivity contribution is 0.0953. The lowest BCUT2D eigenvalue weighted by Gasteiger charge is -2.04. The summed E-state index contributed by atoms with van der Waals surface area (Å²) in [5.41, 5.74) is 3.78. The monoisotopic (exact) mass is 337 g/mol. The fourth-order valence-electron chi connectivity index (χ4n) is 1.46. The highest BCUT2D eigenvalue weighted by Crippen LogP contribution is 2.27. The lowest BCUT2D eigenvalue weighted by Crippen LogP contribution is -2.29. The van der Waals surface area contributed by atoms with Crippen LogP contribution in [-0.4, -0.2) is 10.9 Å². The third-order valence-corrected chi connectivity index (χ3v) is 4.43. The zero-order valence-electron chi connectivity index (χ0n) is 9.97. The molecule has 0 aliphatic heterocycles. The molecule has 3 N–H and O–H groups in total. The van der Waals surface area contributed by atoms with Gasteiger partial charge in [-0.2, -0.15) is 0 Å². The average molecular weight is 338 g/mol. The molecule has 98 valence electrons. The second-order valence-corrected chi connectivity index (χ2v) is 5.57. The quantitative estimate of drug-likeness (QED) is 0.389. The number of nitrogens with two attached hydrogens (primary N) is 1. The van der Waals surface area contributed by atoms with Crippen molar-refractivity contribution in [3.05, 3.63) is 58.2 Å². The van der Waals surface area contributed by atoms with Crippen molar-refractivity contribution in [1.29, 1.82) is 0 Å². The van der Waals surface area contributed by atoms with Crippen molar-refractivity contribution in [2.24, 2.45) is 5.84 Å². The lowest BCUT2D eigenvalue weighted by atomic mass is 10.1. The molecule has 0 aliphatic rings. The van der Waals surface area contributed by atoms with Gasteiger partial charge in [-0.1, -0.05) is 12.1 Å². The molecule has 0 saturated heterocycles. The van der Waals surface area contributed by atoms with Crippen LogP contribution in [0.1, 0.15) is 15.9 Å². The van der Waals surface area contributed by atoms with E-state index in [-0.39, 0.29) is 5.91 Å². The summed E-state index contributed by atoms with van der Waals surface area (Å²) < 4.78 is 0.985. The van der Waals surface area contributed by atoms with Crippen LogP contribution in [0, 0.1) is 0 Å². The Kier molecular flexibility index (Phi) is 4.95. The first-order valence-corrected chi connectivity index (χ1v) is 7.32. The number of rotatable bonds is 4. The molecule has 0 atom stereocenters. The largest absolute Gasteiger partial charge is 0.290 e. The number of aromatic nitrogens is 1. The summed E-state index contributed by atoms with van der Waals surface area (Å²) in [7, 11) is 0. The van der Waals surface area contributed by atoms with Gasteiger partial charge >= 0.3 is 0 Å². The minimum Gasteiger partial charge on any atom is -0.290 e. The van der Waals surface area contributed by atoms with Gasteiger partial charge in [-0.15, -0.1) is 11.8 Å². The van der Waals surface area contributed by atoms with Crippen molar-refractivity contribution in [1.82, 2.24) is 10.4 Å². The van der Waals surface area contributed by atoms with Crippen LogP contribution in [0.25, 0.3) is 0 Å². The molecule has 0 unspecified atom stereocenters. The maximum absolute atomic E-state index is 11.3. The molecule has 4 nitrogen and oxygen atoms in total. The van der Waals surface area contributed by atoms with Crippen molar-refractivity contribution >= 4 is 33.6 Å². The molecular formula is C13H12BrN3OS. The van der Waals surface area contributed by atoms with Crippen LogP contribution in [-0.2, 0) is 5.75 Å². The van der Waals surface area contributed by atoms with E-state index < -0.39 is 0 Å². The third kappa shape index (κ3) is 3.79. The van der Waals surface area contributed by atoms with Gasteiger partial charge in [0.25, 0.3) is 5.91 Å². The first kappa shape index (κ1) is 14.0. The van der Waals surface area contributed by atoms with Crippen LogP contribution in [0.4, 0.5) is 0 Å². The van der Waals surface area contributed by atoms with Gasteiger partial charge in [-0.3, -0.25) is 10.2 Å². The van der Waals surface area contributed by atoms with E-state index in [1.165, 1.54) is 0 Å². The zero-order chi connectivity index (χ0) is 13.7. The summed E-state index contributed by atoms with van der Waals surface area (Å²) in [5.74, 6) is 5.58. The molecule has 1 aromatic heterocycles. The summed E-state index contributed by atoms with van der Waals surface area (Å²) in [6.07, 6.45) is 1.77. The Hall–Kier alpha value is -1.37. The number of pyridine rings is 1. The van der Waals surface area contributed by atoms with Crippen LogP contribution in [0.2, 0.25) is 0 Å². The molecule has 1 heterocycles. The highest BCUT2D eigenvalue weighted by molar-refractivity contribution is 9.10. The Morgan fingerprint density at radius 3 is 2.68 bits per heavy atom. The van der Waals surface area contributed by atoms with Crippen LogP contribution in [0.3, 0.4) is 0 Å². The number of nitrogens with one attached hydrogen (secondary N) is 1. The van der Waals surface area contributed by atoms with Crippen molar-refractivity contribution in [2.75, 3.05) is 0 Å². The van der Waals surface area contributed by atoms with Crippen LogP contribution >= 0.6 is 27.7 Å². The molecule has 0 saturated carbocycles. The molecule has 0 radical (unpaired) electrons. The normalized spacial score (nSPS) is 10.2. The van der Waals surface area contributed by atoms with Crippen molar-refractivity contribution in [3.63, 3.8) is 0 Å². The smallest absolute Gasteiger partial charge is 0.265 e. The fourth-order valence-corrected chi connectivity index (χ4v) is 2.90. The minimum atomic E-state index is -0.285. The van der Waals surface area contributed by atoms with Crippen LogP contribution in [0.15, 0.2) is 52.1 Å². The second-order valence-electron chi connectivity index (χ2n) is 3.75. The molecule has 0 spiro atoms. The summed E-state index contributed by atoms with van der Waals surface area (Å²) in [6, 6.07) is 11.2. The van der Waals surface area contributed by atoms with E-state index in [0.29, 0.717) is 5.56 Å². The van der Waals surface area contributed by atoms with Crippen LogP contribution in [0.5, 0.6) is 0 Å². The summed E-state index contributed by atoms with van der Waals surface area (Å²) in [6.45, 7) is 0. The van der Waals surface area contributed by atoms with Gasteiger partial charge in [0.15, 0.2) is 0 Å². The molecule has 0 bridgehead atoms. The van der Waals surface area contributed by atoms with Crippen LogP contribution < -0.4 is 11.3 Å². The van der Waals surface area contributed by atoms with Gasteiger partial charge in [-0.05, 0) is 45.8 Å². The number of hydrogen-bond acceptors (Lipinski definition) is 4. The maximum Gasteiger partial charge on any atom is 0.265 e. The Labute approximate surface area is 123 Å². The van der Waals surface area contributed by atoms with E-state index in [1.807, 2.05) is 24.3 Å². The molecule has 19 heavy (non-hydrogen) atoms. The standard InChI is InChI=1S/C13H12BrN3OS/c14-11-2-1-7-16-13(11)19-8-9-3-5-10(6-4-9)12(18)17-15/h1-7H,8,15H2,(H,17,18). The Morgan fingerprint density at radius 1 is 1.32 bits per heavy atom. The molecule has 1 aromatic carbocycles. The van der Waals surface area contributed by atoms with E-state index in [2.05, 4.69) is 26.3 Å². The number of hydrazine groups is 1. The van der Waals surface area contributed by atoms with E-state index in [4.69, 9.17) is 5.84 Å². The number of benzene rings is 1. The van der Waals surface area contributed by atoms with Gasteiger partial charge in [0.1, 0.15) is 5.03 Å². The molecule has 1 amide bonds. The molecular weight excluding hydrogens is 326 g/mol. The highest BCUT2D eigenvalue weighted by Gasteiger charge is 2.04. The summed E-state index contributed by atoms with van der Waals surface area (Å²) in [4.78, 5) is 15.6. The van der Waals surface area contributed by atoms with Crippen molar-refractivity contribution in [2.45, 2.75) is 10.8 Å². The van der Waals surface area contributed by atoms with Crippen molar-refractivity contribution in [3.8, 4) is 0 Å². The predicted octanol–water partition coefficient (Wildman–Crippen LogP) is 2.74. The van der Waals surface area contributed by atoms with E-state index in [1.54, 1.807) is 30.1 Å².